The highest BCUT2D eigenvalue weighted by Crippen LogP contribution is 2.30. The molecule has 3 heterocycles. The van der Waals surface area contributed by atoms with Gasteiger partial charge in [-0.1, -0.05) is 42.1 Å². The zero-order valence-electron chi connectivity index (χ0n) is 16.0. The fraction of sp³-hybridized carbons (Fsp3) is 0.350. The largest absolute Gasteiger partial charge is 0.417 e. The molecular weight excluding hydrogens is 415 g/mol. The molecule has 0 saturated carbocycles. The van der Waals surface area contributed by atoms with Gasteiger partial charge >= 0.3 is 6.18 Å². The number of carbonyl (C=O) groups excluding carboxylic acids is 1. The van der Waals surface area contributed by atoms with Gasteiger partial charge in [0.05, 0.1) is 11.3 Å². The Morgan fingerprint density at radius 1 is 1.00 bits per heavy atom. The molecule has 0 bridgehead atoms. The number of piperazine rings is 1. The Morgan fingerprint density at radius 2 is 1.73 bits per heavy atom. The highest BCUT2D eigenvalue weighted by molar-refractivity contribution is 7.99. The van der Waals surface area contributed by atoms with Gasteiger partial charge in [-0.05, 0) is 17.7 Å². The maximum atomic E-state index is 13.0. The molecule has 1 saturated heterocycles. The summed E-state index contributed by atoms with van der Waals surface area (Å²) in [5.41, 5.74) is 0.773. The number of nitrogens with zero attached hydrogens (tertiary/aromatic N) is 5. The molecule has 1 aliphatic heterocycles. The molecule has 158 valence electrons. The predicted octanol–water partition coefficient (Wildman–Crippen LogP) is 3.18. The molecule has 30 heavy (non-hydrogen) atoms. The number of fused-ring (bicyclic) bond motifs is 1. The molecule has 1 aliphatic rings. The van der Waals surface area contributed by atoms with Crippen LogP contribution in [-0.4, -0.2) is 62.2 Å². The number of thioether (sulfide) groups is 1. The van der Waals surface area contributed by atoms with Crippen molar-refractivity contribution < 1.29 is 18.0 Å². The van der Waals surface area contributed by atoms with Crippen LogP contribution in [0.3, 0.4) is 0 Å². The van der Waals surface area contributed by atoms with E-state index in [1.807, 2.05) is 18.2 Å². The van der Waals surface area contributed by atoms with Crippen LogP contribution in [0.4, 0.5) is 13.2 Å². The van der Waals surface area contributed by atoms with Gasteiger partial charge < -0.3 is 4.90 Å². The number of alkyl halides is 3. The lowest BCUT2D eigenvalue weighted by molar-refractivity contribution is -0.138. The van der Waals surface area contributed by atoms with Crippen molar-refractivity contribution in [3.8, 4) is 0 Å². The van der Waals surface area contributed by atoms with Gasteiger partial charge in [0.15, 0.2) is 10.8 Å². The summed E-state index contributed by atoms with van der Waals surface area (Å²) in [5.74, 6) is 0.0542. The maximum Gasteiger partial charge on any atom is 0.417 e. The van der Waals surface area contributed by atoms with Crippen LogP contribution in [0.5, 0.6) is 0 Å². The molecule has 4 rings (SSSR count). The summed E-state index contributed by atoms with van der Waals surface area (Å²) in [6.45, 7) is 3.68. The topological polar surface area (TPSA) is 53.7 Å². The first-order valence-electron chi connectivity index (χ1n) is 9.49. The summed E-state index contributed by atoms with van der Waals surface area (Å²) in [7, 11) is 0. The van der Waals surface area contributed by atoms with E-state index in [-0.39, 0.29) is 16.8 Å². The van der Waals surface area contributed by atoms with Crippen LogP contribution in [0.1, 0.15) is 11.1 Å². The molecule has 0 spiro atoms. The van der Waals surface area contributed by atoms with E-state index < -0.39 is 11.7 Å². The lowest BCUT2D eigenvalue weighted by Crippen LogP contribution is -2.48. The average Bonchev–Trinajstić information content (AvgIpc) is 3.15. The normalized spacial score (nSPS) is 15.6. The summed E-state index contributed by atoms with van der Waals surface area (Å²) < 4.78 is 40.1. The minimum absolute atomic E-state index is 0.0527. The molecular formula is C20H20F3N5OS. The second-order valence-electron chi connectivity index (χ2n) is 7.06. The Bertz CT molecular complexity index is 1020. The quantitative estimate of drug-likeness (QED) is 0.577. The van der Waals surface area contributed by atoms with Crippen molar-refractivity contribution in [3.05, 3.63) is 59.8 Å². The zero-order valence-corrected chi connectivity index (χ0v) is 16.9. The van der Waals surface area contributed by atoms with Crippen molar-refractivity contribution in [1.29, 1.82) is 0 Å². The Kier molecular flexibility index (Phi) is 5.96. The summed E-state index contributed by atoms with van der Waals surface area (Å²) in [4.78, 5) is 16.7. The van der Waals surface area contributed by atoms with E-state index in [0.29, 0.717) is 18.7 Å². The van der Waals surface area contributed by atoms with Gasteiger partial charge in [0.2, 0.25) is 5.91 Å². The number of halogens is 3. The molecule has 0 unspecified atom stereocenters. The highest BCUT2D eigenvalue weighted by Gasteiger charge is 2.31. The number of pyridine rings is 1. The van der Waals surface area contributed by atoms with E-state index in [2.05, 4.69) is 27.2 Å². The highest BCUT2D eigenvalue weighted by atomic mass is 32.2. The summed E-state index contributed by atoms with van der Waals surface area (Å²) >= 11 is 1.10. The van der Waals surface area contributed by atoms with E-state index in [1.54, 1.807) is 4.90 Å². The summed E-state index contributed by atoms with van der Waals surface area (Å²) in [5, 5.41) is 8.07. The van der Waals surface area contributed by atoms with Crippen molar-refractivity contribution in [3.63, 3.8) is 0 Å². The number of carbonyl (C=O) groups is 1. The first-order chi connectivity index (χ1) is 14.4. The third-order valence-electron chi connectivity index (χ3n) is 5.00. The molecule has 0 atom stereocenters. The summed E-state index contributed by atoms with van der Waals surface area (Å²) in [6.07, 6.45) is -3.49. The van der Waals surface area contributed by atoms with Crippen LogP contribution >= 0.6 is 11.8 Å². The third-order valence-corrected chi connectivity index (χ3v) is 5.92. The van der Waals surface area contributed by atoms with Gasteiger partial charge in [-0.2, -0.15) is 13.2 Å². The van der Waals surface area contributed by atoms with Crippen LogP contribution in [0.2, 0.25) is 0 Å². The number of hydrogen-bond acceptors (Lipinski definition) is 5. The van der Waals surface area contributed by atoms with E-state index in [0.717, 1.165) is 43.7 Å². The van der Waals surface area contributed by atoms with E-state index >= 15 is 0 Å². The molecule has 1 aromatic carbocycles. The lowest BCUT2D eigenvalue weighted by atomic mass is 10.2. The van der Waals surface area contributed by atoms with Crippen LogP contribution in [-0.2, 0) is 17.5 Å². The minimum Gasteiger partial charge on any atom is -0.339 e. The molecule has 3 aromatic rings. The second kappa shape index (κ2) is 8.65. The van der Waals surface area contributed by atoms with Gasteiger partial charge in [-0.15, -0.1) is 10.2 Å². The minimum atomic E-state index is -4.45. The van der Waals surface area contributed by atoms with Crippen LogP contribution in [0.25, 0.3) is 5.65 Å². The van der Waals surface area contributed by atoms with Gasteiger partial charge in [-0.25, -0.2) is 0 Å². The number of amides is 1. The van der Waals surface area contributed by atoms with Crippen LogP contribution in [0.15, 0.2) is 53.8 Å². The molecule has 10 heteroatoms. The molecule has 0 N–H and O–H groups in total. The van der Waals surface area contributed by atoms with E-state index in [4.69, 9.17) is 0 Å². The first-order valence-corrected chi connectivity index (χ1v) is 10.5. The maximum absolute atomic E-state index is 13.0. The fourth-order valence-electron chi connectivity index (χ4n) is 3.35. The molecule has 1 fully saturated rings. The number of aromatic nitrogens is 3. The Labute approximate surface area is 175 Å². The van der Waals surface area contributed by atoms with E-state index in [9.17, 15) is 18.0 Å². The van der Waals surface area contributed by atoms with Crippen molar-refractivity contribution in [2.24, 2.45) is 0 Å². The Balaban J connectivity index is 1.32. The van der Waals surface area contributed by atoms with Crippen molar-refractivity contribution in [2.45, 2.75) is 17.9 Å². The number of hydrogen-bond donors (Lipinski definition) is 0. The third kappa shape index (κ3) is 4.76. The lowest BCUT2D eigenvalue weighted by Gasteiger charge is -2.34. The molecule has 0 radical (unpaired) electrons. The van der Waals surface area contributed by atoms with Gasteiger partial charge in [0.25, 0.3) is 0 Å². The number of rotatable bonds is 5. The Hall–Kier alpha value is -2.59. The van der Waals surface area contributed by atoms with Crippen molar-refractivity contribution >= 4 is 23.3 Å². The predicted molar refractivity (Wildman–Crippen MR) is 107 cm³/mol. The zero-order chi connectivity index (χ0) is 21.1. The van der Waals surface area contributed by atoms with Gasteiger partial charge in [0, 0.05) is 38.9 Å². The van der Waals surface area contributed by atoms with E-state index in [1.165, 1.54) is 16.0 Å². The van der Waals surface area contributed by atoms with Crippen LogP contribution in [0, 0.1) is 0 Å². The van der Waals surface area contributed by atoms with Gasteiger partial charge in [-0.3, -0.25) is 14.1 Å². The molecule has 6 nitrogen and oxygen atoms in total. The fourth-order valence-corrected chi connectivity index (χ4v) is 4.17. The molecule has 0 aliphatic carbocycles. The second-order valence-corrected chi connectivity index (χ2v) is 8.00. The molecule has 2 aromatic heterocycles. The standard InChI is InChI=1S/C20H20F3N5OS/c21-20(22,23)16-6-7-17-24-25-19(28(17)13-16)30-14-18(29)27-10-8-26(9-11-27)12-15-4-2-1-3-5-15/h1-7,13H,8-12,14H2. The smallest absolute Gasteiger partial charge is 0.339 e. The monoisotopic (exact) mass is 435 g/mol. The molecule has 1 amide bonds. The summed E-state index contributed by atoms with van der Waals surface area (Å²) in [6, 6.07) is 12.4. The average molecular weight is 435 g/mol. The Morgan fingerprint density at radius 3 is 2.43 bits per heavy atom. The van der Waals surface area contributed by atoms with Crippen LogP contribution < -0.4 is 0 Å². The van der Waals surface area contributed by atoms with Crippen molar-refractivity contribution in [1.82, 2.24) is 24.4 Å². The van der Waals surface area contributed by atoms with Gasteiger partial charge in [0.1, 0.15) is 0 Å². The first kappa shape index (κ1) is 20.7. The SMILES string of the molecule is O=C(CSc1nnc2ccc(C(F)(F)F)cn12)N1CCN(Cc2ccccc2)CC1. The van der Waals surface area contributed by atoms with Crippen molar-refractivity contribution in [2.75, 3.05) is 31.9 Å². The number of benzene rings is 1.